The van der Waals surface area contributed by atoms with E-state index in [9.17, 15) is 9.59 Å². The number of hydrogen-bond donors (Lipinski definition) is 3. The first kappa shape index (κ1) is 20.1. The van der Waals surface area contributed by atoms with E-state index in [1.165, 1.54) is 0 Å². The Morgan fingerprint density at radius 1 is 1.19 bits per heavy atom. The van der Waals surface area contributed by atoms with Gasteiger partial charge in [0, 0.05) is 31.9 Å². The summed E-state index contributed by atoms with van der Waals surface area (Å²) in [6.07, 6.45) is 2.79. The van der Waals surface area contributed by atoms with Crippen LogP contribution in [0.3, 0.4) is 0 Å². The predicted octanol–water partition coefficient (Wildman–Crippen LogP) is 2.62. The first-order valence-electron chi connectivity index (χ1n) is 9.39. The van der Waals surface area contributed by atoms with Gasteiger partial charge in [-0.15, -0.1) is 0 Å². The minimum absolute atomic E-state index is 0.0677. The van der Waals surface area contributed by atoms with Gasteiger partial charge in [-0.2, -0.15) is 0 Å². The van der Waals surface area contributed by atoms with E-state index in [4.69, 9.17) is 5.73 Å². The Morgan fingerprint density at radius 2 is 1.88 bits per heavy atom. The van der Waals surface area contributed by atoms with Gasteiger partial charge in [0.25, 0.3) is 0 Å². The lowest BCUT2D eigenvalue weighted by atomic mass is 9.92. The Hall–Kier alpha value is -2.24. The number of anilines is 1. The number of primary amides is 1. The molecule has 3 amide bonds. The van der Waals surface area contributed by atoms with Gasteiger partial charge in [-0.25, -0.2) is 4.79 Å². The van der Waals surface area contributed by atoms with Gasteiger partial charge in [-0.05, 0) is 42.4 Å². The van der Waals surface area contributed by atoms with Crippen LogP contribution in [0.1, 0.15) is 45.6 Å². The molecule has 6 heteroatoms. The maximum atomic E-state index is 11.8. The standard InChI is InChI=1S/C20H32N4O2/c1-20(2,3)10-11-22-19(26)23-13-15-6-8-17(9-7-15)24-12-4-5-16(14-24)18(21)25/h6-9,16H,4-5,10-14H2,1-3H3,(H2,21,25)(H2,22,23,26)/t16-/m1/s1. The first-order chi connectivity index (χ1) is 12.2. The van der Waals surface area contributed by atoms with Crippen molar-refractivity contribution in [3.05, 3.63) is 29.8 Å². The van der Waals surface area contributed by atoms with E-state index in [-0.39, 0.29) is 23.3 Å². The number of hydrogen-bond acceptors (Lipinski definition) is 3. The summed E-state index contributed by atoms with van der Waals surface area (Å²) in [6, 6.07) is 7.96. The number of carbonyl (C=O) groups excluding carboxylic acids is 2. The van der Waals surface area contributed by atoms with Crippen LogP contribution < -0.4 is 21.3 Å². The van der Waals surface area contributed by atoms with Gasteiger partial charge in [0.2, 0.25) is 5.91 Å². The minimum Gasteiger partial charge on any atom is -0.371 e. The van der Waals surface area contributed by atoms with Crippen LogP contribution in [0.2, 0.25) is 0 Å². The molecule has 0 spiro atoms. The van der Waals surface area contributed by atoms with Crippen LogP contribution in [0.5, 0.6) is 0 Å². The molecule has 0 radical (unpaired) electrons. The van der Waals surface area contributed by atoms with E-state index in [1.54, 1.807) is 0 Å². The molecule has 0 aromatic heterocycles. The summed E-state index contributed by atoms with van der Waals surface area (Å²) in [5.74, 6) is -0.283. The van der Waals surface area contributed by atoms with Gasteiger partial charge in [0.05, 0.1) is 5.92 Å². The van der Waals surface area contributed by atoms with Gasteiger partial charge >= 0.3 is 6.03 Å². The molecule has 0 unspecified atom stereocenters. The van der Waals surface area contributed by atoms with Crippen LogP contribution in [-0.2, 0) is 11.3 Å². The number of benzene rings is 1. The minimum atomic E-state index is -0.215. The van der Waals surface area contributed by atoms with Crippen molar-refractivity contribution in [1.29, 1.82) is 0 Å². The molecule has 0 bridgehead atoms. The second-order valence-corrected chi connectivity index (χ2v) is 8.27. The second-order valence-electron chi connectivity index (χ2n) is 8.27. The lowest BCUT2D eigenvalue weighted by Crippen LogP contribution is -2.41. The van der Waals surface area contributed by atoms with Gasteiger partial charge < -0.3 is 21.3 Å². The zero-order chi connectivity index (χ0) is 19.2. The quantitative estimate of drug-likeness (QED) is 0.729. The number of piperidine rings is 1. The van der Waals surface area contributed by atoms with Crippen LogP contribution in [0.15, 0.2) is 24.3 Å². The Labute approximate surface area is 156 Å². The van der Waals surface area contributed by atoms with Gasteiger partial charge in [-0.3, -0.25) is 4.79 Å². The van der Waals surface area contributed by atoms with Gasteiger partial charge in [-0.1, -0.05) is 32.9 Å². The molecule has 1 heterocycles. The van der Waals surface area contributed by atoms with E-state index < -0.39 is 0 Å². The van der Waals surface area contributed by atoms with E-state index in [1.807, 2.05) is 24.3 Å². The first-order valence-corrected chi connectivity index (χ1v) is 9.39. The van der Waals surface area contributed by atoms with E-state index >= 15 is 0 Å². The maximum absolute atomic E-state index is 11.8. The maximum Gasteiger partial charge on any atom is 0.315 e. The van der Waals surface area contributed by atoms with Crippen molar-refractivity contribution in [2.24, 2.45) is 17.1 Å². The summed E-state index contributed by atoms with van der Waals surface area (Å²) >= 11 is 0. The van der Waals surface area contributed by atoms with Crippen LogP contribution in [0, 0.1) is 11.3 Å². The van der Waals surface area contributed by atoms with Crippen LogP contribution in [0.4, 0.5) is 10.5 Å². The highest BCUT2D eigenvalue weighted by Gasteiger charge is 2.24. The van der Waals surface area contributed by atoms with Crippen LogP contribution >= 0.6 is 0 Å². The summed E-state index contributed by atoms with van der Waals surface area (Å²) in [6.45, 7) is 9.25. The third-order valence-corrected chi connectivity index (χ3v) is 4.74. The van der Waals surface area contributed by atoms with E-state index in [0.717, 1.165) is 37.1 Å². The molecule has 6 nitrogen and oxygen atoms in total. The summed E-state index contributed by atoms with van der Waals surface area (Å²) in [5.41, 5.74) is 7.80. The molecule has 26 heavy (non-hydrogen) atoms. The predicted molar refractivity (Wildman–Crippen MR) is 105 cm³/mol. The molecule has 144 valence electrons. The molecular formula is C20H32N4O2. The second kappa shape index (κ2) is 8.92. The molecule has 1 atom stereocenters. The monoisotopic (exact) mass is 360 g/mol. The molecule has 0 aliphatic carbocycles. The third-order valence-electron chi connectivity index (χ3n) is 4.74. The zero-order valence-electron chi connectivity index (χ0n) is 16.2. The molecule has 1 aliphatic heterocycles. The summed E-state index contributed by atoms with van der Waals surface area (Å²) in [5, 5.41) is 5.77. The highest BCUT2D eigenvalue weighted by atomic mass is 16.2. The number of rotatable bonds is 6. The van der Waals surface area contributed by atoms with E-state index in [0.29, 0.717) is 19.6 Å². The zero-order valence-corrected chi connectivity index (χ0v) is 16.2. The number of amides is 3. The fourth-order valence-corrected chi connectivity index (χ4v) is 3.06. The fourth-order valence-electron chi connectivity index (χ4n) is 3.06. The number of nitrogens with two attached hydrogens (primary N) is 1. The van der Waals surface area contributed by atoms with Crippen molar-refractivity contribution in [1.82, 2.24) is 10.6 Å². The highest BCUT2D eigenvalue weighted by molar-refractivity contribution is 5.77. The number of nitrogens with zero attached hydrogens (tertiary/aromatic N) is 1. The molecule has 1 fully saturated rings. The average Bonchev–Trinajstić information content (AvgIpc) is 2.59. The summed E-state index contributed by atoms with van der Waals surface area (Å²) in [4.78, 5) is 25.5. The van der Waals surface area contributed by atoms with Crippen LogP contribution in [-0.4, -0.2) is 31.6 Å². The van der Waals surface area contributed by atoms with Gasteiger partial charge in [0.15, 0.2) is 0 Å². The normalized spacial score (nSPS) is 17.7. The van der Waals surface area contributed by atoms with Crippen LogP contribution in [0.25, 0.3) is 0 Å². The molecule has 1 saturated heterocycles. The largest absolute Gasteiger partial charge is 0.371 e. The molecule has 0 saturated carbocycles. The Bertz CT molecular complexity index is 607. The number of carbonyl (C=O) groups is 2. The van der Waals surface area contributed by atoms with Crippen molar-refractivity contribution >= 4 is 17.6 Å². The highest BCUT2D eigenvalue weighted by Crippen LogP contribution is 2.23. The topological polar surface area (TPSA) is 87.5 Å². The Morgan fingerprint density at radius 3 is 2.50 bits per heavy atom. The third kappa shape index (κ3) is 6.58. The molecule has 1 aromatic carbocycles. The van der Waals surface area contributed by atoms with Crippen molar-refractivity contribution in [3.63, 3.8) is 0 Å². The molecule has 1 aliphatic rings. The van der Waals surface area contributed by atoms with Gasteiger partial charge in [0.1, 0.15) is 0 Å². The lowest BCUT2D eigenvalue weighted by Gasteiger charge is -2.33. The van der Waals surface area contributed by atoms with Crippen molar-refractivity contribution in [3.8, 4) is 0 Å². The molecule has 2 rings (SSSR count). The van der Waals surface area contributed by atoms with Crippen molar-refractivity contribution in [2.45, 2.75) is 46.6 Å². The number of nitrogens with one attached hydrogen (secondary N) is 2. The van der Waals surface area contributed by atoms with E-state index in [2.05, 4.69) is 36.3 Å². The molecule has 4 N–H and O–H groups in total. The number of urea groups is 1. The molecule has 1 aromatic rings. The fraction of sp³-hybridized carbons (Fsp3) is 0.600. The average molecular weight is 361 g/mol. The summed E-state index contributed by atoms with van der Waals surface area (Å²) < 4.78 is 0. The lowest BCUT2D eigenvalue weighted by molar-refractivity contribution is -0.122. The SMILES string of the molecule is CC(C)(C)CCNC(=O)NCc1ccc(N2CCC[C@@H](C(N)=O)C2)cc1. The summed E-state index contributed by atoms with van der Waals surface area (Å²) in [7, 11) is 0. The van der Waals surface area contributed by atoms with Crippen molar-refractivity contribution in [2.75, 3.05) is 24.5 Å². The Kier molecular flexibility index (Phi) is 6.89. The smallest absolute Gasteiger partial charge is 0.315 e. The molecular weight excluding hydrogens is 328 g/mol. The Balaban J connectivity index is 1.78. The van der Waals surface area contributed by atoms with Crippen molar-refractivity contribution < 1.29 is 9.59 Å².